The second-order valence-corrected chi connectivity index (χ2v) is 4.79. The van der Waals surface area contributed by atoms with Crippen LogP contribution in [0.3, 0.4) is 0 Å². The van der Waals surface area contributed by atoms with Crippen LogP contribution in [0.5, 0.6) is 5.75 Å². The maximum Gasteiger partial charge on any atom is 0.275 e. The molecule has 1 aliphatic rings. The van der Waals surface area contributed by atoms with Crippen molar-refractivity contribution >= 4 is 11.4 Å². The van der Waals surface area contributed by atoms with Crippen molar-refractivity contribution in [3.05, 3.63) is 28.3 Å². The highest BCUT2D eigenvalue weighted by Crippen LogP contribution is 2.39. The number of rotatable bonds is 5. The Morgan fingerprint density at radius 3 is 2.61 bits per heavy atom. The molecule has 1 fully saturated rings. The molecule has 18 heavy (non-hydrogen) atoms. The van der Waals surface area contributed by atoms with Crippen LogP contribution in [0.1, 0.15) is 32.6 Å². The first-order valence-electron chi connectivity index (χ1n) is 6.20. The number of non-ortho nitro benzene ring substituents is 1. The van der Waals surface area contributed by atoms with E-state index in [4.69, 9.17) is 4.74 Å². The van der Waals surface area contributed by atoms with Crippen LogP contribution in [-0.2, 0) is 0 Å². The van der Waals surface area contributed by atoms with Crippen LogP contribution >= 0.6 is 0 Å². The molecule has 1 aromatic rings. The second kappa shape index (κ2) is 4.84. The molecule has 0 saturated heterocycles. The average molecular weight is 250 g/mol. The third kappa shape index (κ3) is 2.39. The van der Waals surface area contributed by atoms with Crippen LogP contribution in [-0.4, -0.2) is 17.6 Å². The lowest BCUT2D eigenvalue weighted by atomic mass is 9.74. The molecular weight excluding hydrogens is 232 g/mol. The van der Waals surface area contributed by atoms with Gasteiger partial charge in [-0.15, -0.1) is 0 Å². The summed E-state index contributed by atoms with van der Waals surface area (Å²) in [5.41, 5.74) is 0.935. The van der Waals surface area contributed by atoms with Crippen molar-refractivity contribution in [3.8, 4) is 5.75 Å². The molecule has 0 radical (unpaired) electrons. The van der Waals surface area contributed by atoms with Crippen LogP contribution in [0, 0.1) is 10.1 Å². The molecule has 98 valence electrons. The first kappa shape index (κ1) is 12.7. The summed E-state index contributed by atoms with van der Waals surface area (Å²) >= 11 is 0. The molecule has 1 aromatic carbocycles. The fourth-order valence-corrected chi connectivity index (χ4v) is 2.36. The standard InChI is InChI=1S/C13H18N2O3/c1-3-13(5-4-6-13)14-10-7-11(15(16)17)9-12(8-10)18-2/h7-9,14H,3-6H2,1-2H3. The van der Waals surface area contributed by atoms with Gasteiger partial charge >= 0.3 is 0 Å². The van der Waals surface area contributed by atoms with E-state index in [-0.39, 0.29) is 11.2 Å². The summed E-state index contributed by atoms with van der Waals surface area (Å²) in [5, 5.41) is 14.3. The number of methoxy groups -OCH3 is 1. The van der Waals surface area contributed by atoms with Crippen molar-refractivity contribution < 1.29 is 9.66 Å². The molecule has 1 aliphatic carbocycles. The monoisotopic (exact) mass is 250 g/mol. The molecule has 0 aromatic heterocycles. The predicted molar refractivity (Wildman–Crippen MR) is 70.1 cm³/mol. The third-order valence-corrected chi connectivity index (χ3v) is 3.73. The van der Waals surface area contributed by atoms with Gasteiger partial charge in [0.05, 0.1) is 18.1 Å². The number of nitrogens with zero attached hydrogens (tertiary/aromatic N) is 1. The van der Waals surface area contributed by atoms with Crippen molar-refractivity contribution in [2.75, 3.05) is 12.4 Å². The zero-order chi connectivity index (χ0) is 13.2. The number of anilines is 1. The first-order valence-corrected chi connectivity index (χ1v) is 6.20. The minimum Gasteiger partial charge on any atom is -0.496 e. The molecule has 0 spiro atoms. The number of ether oxygens (including phenoxy) is 1. The summed E-state index contributed by atoms with van der Waals surface area (Å²) in [6.07, 6.45) is 4.48. The molecule has 0 unspecified atom stereocenters. The number of hydrogen-bond donors (Lipinski definition) is 1. The molecule has 0 heterocycles. The molecule has 1 N–H and O–H groups in total. The Morgan fingerprint density at radius 2 is 2.17 bits per heavy atom. The van der Waals surface area contributed by atoms with Crippen molar-refractivity contribution in [1.29, 1.82) is 0 Å². The maximum atomic E-state index is 10.9. The van der Waals surface area contributed by atoms with E-state index in [0.717, 1.165) is 24.9 Å². The smallest absolute Gasteiger partial charge is 0.275 e. The summed E-state index contributed by atoms with van der Waals surface area (Å²) < 4.78 is 5.10. The number of benzene rings is 1. The molecule has 2 rings (SSSR count). The predicted octanol–water partition coefficient (Wildman–Crippen LogP) is 3.35. The van der Waals surface area contributed by atoms with Crippen molar-refractivity contribution in [1.82, 2.24) is 0 Å². The topological polar surface area (TPSA) is 64.4 Å². The van der Waals surface area contributed by atoms with Crippen LogP contribution in [0.15, 0.2) is 18.2 Å². The van der Waals surface area contributed by atoms with Gasteiger partial charge in [0, 0.05) is 23.4 Å². The number of nitro benzene ring substituents is 1. The van der Waals surface area contributed by atoms with Crippen LogP contribution in [0.2, 0.25) is 0 Å². The molecule has 0 bridgehead atoms. The Bertz CT molecular complexity index is 450. The lowest BCUT2D eigenvalue weighted by Gasteiger charge is -2.42. The van der Waals surface area contributed by atoms with E-state index in [9.17, 15) is 10.1 Å². The highest BCUT2D eigenvalue weighted by atomic mass is 16.6. The summed E-state index contributed by atoms with van der Waals surface area (Å²) in [5.74, 6) is 0.511. The van der Waals surface area contributed by atoms with E-state index in [1.165, 1.54) is 19.6 Å². The van der Waals surface area contributed by atoms with Crippen LogP contribution in [0.25, 0.3) is 0 Å². The Balaban J connectivity index is 2.26. The third-order valence-electron chi connectivity index (χ3n) is 3.73. The zero-order valence-corrected chi connectivity index (χ0v) is 10.7. The molecule has 5 heteroatoms. The van der Waals surface area contributed by atoms with E-state index < -0.39 is 4.92 Å². The highest BCUT2D eigenvalue weighted by Gasteiger charge is 2.35. The van der Waals surface area contributed by atoms with Crippen LogP contribution < -0.4 is 10.1 Å². The summed E-state index contributed by atoms with van der Waals surface area (Å²) in [6, 6.07) is 4.81. The quantitative estimate of drug-likeness (QED) is 0.643. The van der Waals surface area contributed by atoms with Gasteiger partial charge in [-0.25, -0.2) is 0 Å². The average Bonchev–Trinajstić information content (AvgIpc) is 2.33. The minimum atomic E-state index is -0.396. The largest absolute Gasteiger partial charge is 0.496 e. The SMILES string of the molecule is CCC1(Nc2cc(OC)cc([N+](=O)[O-])c2)CCC1. The molecule has 0 atom stereocenters. The molecule has 0 aliphatic heterocycles. The molecule has 0 amide bonds. The normalized spacial score (nSPS) is 16.8. The van der Waals surface area contributed by atoms with Crippen molar-refractivity contribution in [3.63, 3.8) is 0 Å². The molecule has 1 saturated carbocycles. The summed E-state index contributed by atoms with van der Waals surface area (Å²) in [7, 11) is 1.52. The fourth-order valence-electron chi connectivity index (χ4n) is 2.36. The maximum absolute atomic E-state index is 10.9. The van der Waals surface area contributed by atoms with Gasteiger partial charge in [0.1, 0.15) is 5.75 Å². The minimum absolute atomic E-state index is 0.0578. The molecular formula is C13H18N2O3. The van der Waals surface area contributed by atoms with Gasteiger partial charge in [0.25, 0.3) is 5.69 Å². The fraction of sp³-hybridized carbons (Fsp3) is 0.538. The van der Waals surface area contributed by atoms with Gasteiger partial charge in [0.15, 0.2) is 0 Å². The first-order chi connectivity index (χ1) is 8.58. The highest BCUT2D eigenvalue weighted by molar-refractivity contribution is 5.57. The second-order valence-electron chi connectivity index (χ2n) is 4.79. The van der Waals surface area contributed by atoms with Crippen molar-refractivity contribution in [2.45, 2.75) is 38.1 Å². The van der Waals surface area contributed by atoms with Gasteiger partial charge in [-0.1, -0.05) is 6.92 Å². The summed E-state index contributed by atoms with van der Waals surface area (Å²) in [6.45, 7) is 2.14. The van der Waals surface area contributed by atoms with Crippen molar-refractivity contribution in [2.24, 2.45) is 0 Å². The van der Waals surface area contributed by atoms with E-state index in [0.29, 0.717) is 5.75 Å². The summed E-state index contributed by atoms with van der Waals surface area (Å²) in [4.78, 5) is 10.5. The van der Waals surface area contributed by atoms with Gasteiger partial charge in [-0.05, 0) is 25.7 Å². The van der Waals surface area contributed by atoms with Gasteiger partial charge < -0.3 is 10.1 Å². The number of hydrogen-bond acceptors (Lipinski definition) is 4. The molecule has 5 nitrogen and oxygen atoms in total. The number of nitro groups is 1. The van der Waals surface area contributed by atoms with E-state index in [1.54, 1.807) is 6.07 Å². The van der Waals surface area contributed by atoms with Crippen LogP contribution in [0.4, 0.5) is 11.4 Å². The number of nitrogens with one attached hydrogen (secondary N) is 1. The van der Waals surface area contributed by atoms with Gasteiger partial charge in [-0.2, -0.15) is 0 Å². The lowest BCUT2D eigenvalue weighted by molar-refractivity contribution is -0.384. The zero-order valence-electron chi connectivity index (χ0n) is 10.7. The van der Waals surface area contributed by atoms with Gasteiger partial charge in [0.2, 0.25) is 0 Å². The Morgan fingerprint density at radius 1 is 1.44 bits per heavy atom. The Kier molecular flexibility index (Phi) is 3.41. The van der Waals surface area contributed by atoms with Gasteiger partial charge in [-0.3, -0.25) is 10.1 Å². The van der Waals surface area contributed by atoms with E-state index in [2.05, 4.69) is 12.2 Å². The van der Waals surface area contributed by atoms with E-state index in [1.807, 2.05) is 6.07 Å². The lowest BCUT2D eigenvalue weighted by Crippen LogP contribution is -2.44. The van der Waals surface area contributed by atoms with E-state index >= 15 is 0 Å². The Hall–Kier alpha value is -1.78. The Labute approximate surface area is 106 Å².